The highest BCUT2D eigenvalue weighted by molar-refractivity contribution is 5.76. The molecule has 3 N–H and O–H groups in total. The van der Waals surface area contributed by atoms with E-state index in [1.165, 1.54) is 6.42 Å². The third-order valence-corrected chi connectivity index (χ3v) is 4.20. The molecule has 1 aliphatic carbocycles. The molecule has 0 spiro atoms. The van der Waals surface area contributed by atoms with Crippen LogP contribution in [0.5, 0.6) is 0 Å². The van der Waals surface area contributed by atoms with E-state index in [9.17, 15) is 4.79 Å². The van der Waals surface area contributed by atoms with Crippen LogP contribution < -0.4 is 11.1 Å². The molecule has 3 atom stereocenters. The Morgan fingerprint density at radius 3 is 2.89 bits per heavy atom. The number of ether oxygens (including phenoxy) is 1. The molecule has 1 heterocycles. The largest absolute Gasteiger partial charge is 0.381 e. The Bertz CT molecular complexity index is 265. The third-order valence-electron chi connectivity index (χ3n) is 4.20. The molecular weight excluding hydrogens is 228 g/mol. The summed E-state index contributed by atoms with van der Waals surface area (Å²) in [4.78, 5) is 11.8. The van der Waals surface area contributed by atoms with E-state index in [2.05, 4.69) is 5.32 Å². The van der Waals surface area contributed by atoms with Gasteiger partial charge in [0.2, 0.25) is 5.91 Å². The molecule has 2 aliphatic rings. The van der Waals surface area contributed by atoms with Crippen molar-refractivity contribution >= 4 is 5.91 Å². The maximum atomic E-state index is 11.8. The fourth-order valence-corrected chi connectivity index (χ4v) is 3.08. The van der Waals surface area contributed by atoms with Crippen LogP contribution in [-0.2, 0) is 9.53 Å². The molecular formula is C14H26N2O2. The second-order valence-corrected chi connectivity index (χ2v) is 5.87. The van der Waals surface area contributed by atoms with E-state index in [-0.39, 0.29) is 5.91 Å². The molecule has 0 radical (unpaired) electrons. The minimum absolute atomic E-state index is 0.202. The summed E-state index contributed by atoms with van der Waals surface area (Å²) in [5.41, 5.74) is 5.94. The molecule has 1 aliphatic heterocycles. The van der Waals surface area contributed by atoms with Crippen molar-refractivity contribution in [1.82, 2.24) is 5.32 Å². The molecule has 1 saturated heterocycles. The van der Waals surface area contributed by atoms with E-state index < -0.39 is 0 Å². The SMILES string of the molecule is NC1CCCC(CC(=O)NCCC2CCOC2)C1. The predicted molar refractivity (Wildman–Crippen MR) is 71.1 cm³/mol. The van der Waals surface area contributed by atoms with Gasteiger partial charge >= 0.3 is 0 Å². The summed E-state index contributed by atoms with van der Waals surface area (Å²) in [6.45, 7) is 2.55. The minimum Gasteiger partial charge on any atom is -0.381 e. The van der Waals surface area contributed by atoms with Gasteiger partial charge in [-0.2, -0.15) is 0 Å². The van der Waals surface area contributed by atoms with Crippen LogP contribution in [-0.4, -0.2) is 31.7 Å². The predicted octanol–water partition coefficient (Wildman–Crippen LogP) is 1.44. The zero-order valence-electron chi connectivity index (χ0n) is 11.2. The number of nitrogens with two attached hydrogens (primary N) is 1. The summed E-state index contributed by atoms with van der Waals surface area (Å²) in [6, 6.07) is 0.312. The van der Waals surface area contributed by atoms with Gasteiger partial charge in [-0.1, -0.05) is 6.42 Å². The van der Waals surface area contributed by atoms with Gasteiger partial charge in [0, 0.05) is 32.2 Å². The second kappa shape index (κ2) is 7.10. The summed E-state index contributed by atoms with van der Waals surface area (Å²) in [5.74, 6) is 1.35. The Labute approximate surface area is 110 Å². The average molecular weight is 254 g/mol. The lowest BCUT2D eigenvalue weighted by Crippen LogP contribution is -2.32. The summed E-state index contributed by atoms with van der Waals surface area (Å²) in [5, 5.41) is 3.04. The number of nitrogens with one attached hydrogen (secondary N) is 1. The van der Waals surface area contributed by atoms with Gasteiger partial charge < -0.3 is 15.8 Å². The van der Waals surface area contributed by atoms with Gasteiger partial charge in [-0.15, -0.1) is 0 Å². The first kappa shape index (κ1) is 13.8. The lowest BCUT2D eigenvalue weighted by molar-refractivity contribution is -0.122. The van der Waals surface area contributed by atoms with Crippen LogP contribution in [0.3, 0.4) is 0 Å². The zero-order valence-corrected chi connectivity index (χ0v) is 11.2. The smallest absolute Gasteiger partial charge is 0.220 e. The summed E-state index contributed by atoms with van der Waals surface area (Å²) in [7, 11) is 0. The van der Waals surface area contributed by atoms with E-state index in [0.717, 1.165) is 51.9 Å². The van der Waals surface area contributed by atoms with Crippen LogP contribution in [0.25, 0.3) is 0 Å². The summed E-state index contributed by atoms with van der Waals surface area (Å²) >= 11 is 0. The Kier molecular flexibility index (Phi) is 5.45. The molecule has 1 amide bonds. The molecule has 1 saturated carbocycles. The fraction of sp³-hybridized carbons (Fsp3) is 0.929. The minimum atomic E-state index is 0.202. The molecule has 104 valence electrons. The molecule has 2 rings (SSSR count). The Balaban J connectivity index is 1.56. The van der Waals surface area contributed by atoms with Crippen molar-refractivity contribution < 1.29 is 9.53 Å². The molecule has 18 heavy (non-hydrogen) atoms. The molecule has 4 nitrogen and oxygen atoms in total. The van der Waals surface area contributed by atoms with Crippen LogP contribution >= 0.6 is 0 Å². The van der Waals surface area contributed by atoms with E-state index in [0.29, 0.717) is 24.3 Å². The Morgan fingerprint density at radius 2 is 2.17 bits per heavy atom. The lowest BCUT2D eigenvalue weighted by Gasteiger charge is -2.26. The normalized spacial score (nSPS) is 32.4. The number of rotatable bonds is 5. The average Bonchev–Trinajstić information content (AvgIpc) is 2.82. The second-order valence-electron chi connectivity index (χ2n) is 5.87. The van der Waals surface area contributed by atoms with Gasteiger partial charge in [0.25, 0.3) is 0 Å². The van der Waals surface area contributed by atoms with Crippen molar-refractivity contribution in [2.45, 2.75) is 51.0 Å². The van der Waals surface area contributed by atoms with E-state index in [4.69, 9.17) is 10.5 Å². The van der Waals surface area contributed by atoms with Crippen LogP contribution in [0.1, 0.15) is 44.9 Å². The van der Waals surface area contributed by atoms with Crippen LogP contribution in [0.15, 0.2) is 0 Å². The maximum Gasteiger partial charge on any atom is 0.220 e. The molecule has 0 aromatic heterocycles. The highest BCUT2D eigenvalue weighted by atomic mass is 16.5. The quantitative estimate of drug-likeness (QED) is 0.780. The monoisotopic (exact) mass is 254 g/mol. The first-order valence-electron chi connectivity index (χ1n) is 7.34. The number of carbonyl (C=O) groups is 1. The van der Waals surface area contributed by atoms with Crippen molar-refractivity contribution in [3.8, 4) is 0 Å². The van der Waals surface area contributed by atoms with Crippen molar-refractivity contribution in [2.24, 2.45) is 17.6 Å². The first-order chi connectivity index (χ1) is 8.74. The number of hydrogen-bond donors (Lipinski definition) is 2. The van der Waals surface area contributed by atoms with E-state index in [1.807, 2.05) is 0 Å². The van der Waals surface area contributed by atoms with Gasteiger partial charge in [0.1, 0.15) is 0 Å². The van der Waals surface area contributed by atoms with Gasteiger partial charge in [-0.05, 0) is 43.9 Å². The number of carbonyl (C=O) groups excluding carboxylic acids is 1. The van der Waals surface area contributed by atoms with E-state index >= 15 is 0 Å². The highest BCUT2D eigenvalue weighted by Gasteiger charge is 2.21. The Hall–Kier alpha value is -0.610. The van der Waals surface area contributed by atoms with Crippen molar-refractivity contribution in [2.75, 3.05) is 19.8 Å². The molecule has 0 aromatic carbocycles. The number of hydrogen-bond acceptors (Lipinski definition) is 3. The van der Waals surface area contributed by atoms with Crippen LogP contribution in [0, 0.1) is 11.8 Å². The summed E-state index contributed by atoms with van der Waals surface area (Å²) in [6.07, 6.45) is 7.35. The third kappa shape index (κ3) is 4.58. The van der Waals surface area contributed by atoms with Crippen LogP contribution in [0.2, 0.25) is 0 Å². The molecule has 2 fully saturated rings. The van der Waals surface area contributed by atoms with Gasteiger partial charge in [-0.3, -0.25) is 4.79 Å². The van der Waals surface area contributed by atoms with Crippen molar-refractivity contribution in [1.29, 1.82) is 0 Å². The Morgan fingerprint density at radius 1 is 1.28 bits per heavy atom. The number of amides is 1. The van der Waals surface area contributed by atoms with Crippen molar-refractivity contribution in [3.05, 3.63) is 0 Å². The standard InChI is InChI=1S/C14H26N2O2/c15-13-3-1-2-12(8-13)9-14(17)16-6-4-11-5-7-18-10-11/h11-13H,1-10,15H2,(H,16,17). The molecule has 0 aromatic rings. The zero-order chi connectivity index (χ0) is 12.8. The lowest BCUT2D eigenvalue weighted by atomic mass is 9.84. The van der Waals surface area contributed by atoms with E-state index in [1.54, 1.807) is 0 Å². The van der Waals surface area contributed by atoms with Crippen molar-refractivity contribution in [3.63, 3.8) is 0 Å². The summed E-state index contributed by atoms with van der Waals surface area (Å²) < 4.78 is 5.32. The first-order valence-corrected chi connectivity index (χ1v) is 7.34. The highest BCUT2D eigenvalue weighted by Crippen LogP contribution is 2.25. The molecule has 4 heteroatoms. The maximum absolute atomic E-state index is 11.8. The fourth-order valence-electron chi connectivity index (χ4n) is 3.08. The van der Waals surface area contributed by atoms with Gasteiger partial charge in [0.05, 0.1) is 0 Å². The molecule has 0 bridgehead atoms. The molecule has 3 unspecified atom stereocenters. The topological polar surface area (TPSA) is 64.4 Å². The van der Waals surface area contributed by atoms with Gasteiger partial charge in [-0.25, -0.2) is 0 Å². The van der Waals surface area contributed by atoms with Gasteiger partial charge in [0.15, 0.2) is 0 Å². The van der Waals surface area contributed by atoms with Crippen LogP contribution in [0.4, 0.5) is 0 Å².